The predicted molar refractivity (Wildman–Crippen MR) is 92.2 cm³/mol. The fraction of sp³-hybridized carbons (Fsp3) is 0.444. The molecule has 0 radical (unpaired) electrons. The number of rotatable bonds is 7. The zero-order valence-corrected chi connectivity index (χ0v) is 14.3. The van der Waals surface area contributed by atoms with Gasteiger partial charge < -0.3 is 10.1 Å². The largest absolute Gasteiger partial charge is 0.368 e. The highest BCUT2D eigenvalue weighted by Gasteiger charge is 2.25. The minimum absolute atomic E-state index is 0.0744. The molecule has 3 rings (SSSR count). The number of thiazole rings is 1. The zero-order chi connectivity index (χ0) is 16.2. The summed E-state index contributed by atoms with van der Waals surface area (Å²) in [7, 11) is 0. The third-order valence-corrected chi connectivity index (χ3v) is 5.00. The molecule has 23 heavy (non-hydrogen) atoms. The van der Waals surface area contributed by atoms with E-state index in [1.807, 2.05) is 49.6 Å². The van der Waals surface area contributed by atoms with Gasteiger partial charge in [-0.15, -0.1) is 11.3 Å². The van der Waals surface area contributed by atoms with Crippen molar-refractivity contribution in [3.63, 3.8) is 0 Å². The van der Waals surface area contributed by atoms with Gasteiger partial charge in [0.05, 0.1) is 18.3 Å². The normalized spacial score (nSPS) is 16.8. The second-order valence-electron chi connectivity index (χ2n) is 6.09. The van der Waals surface area contributed by atoms with Crippen LogP contribution in [0.2, 0.25) is 0 Å². The predicted octanol–water partition coefficient (Wildman–Crippen LogP) is 3.80. The number of amides is 1. The maximum atomic E-state index is 12.2. The lowest BCUT2D eigenvalue weighted by Gasteiger charge is -2.16. The van der Waals surface area contributed by atoms with Gasteiger partial charge in [-0.3, -0.25) is 4.79 Å². The first kappa shape index (κ1) is 16.1. The number of hydrogen-bond donors (Lipinski definition) is 1. The van der Waals surface area contributed by atoms with Crippen LogP contribution >= 0.6 is 11.3 Å². The maximum absolute atomic E-state index is 12.2. The summed E-state index contributed by atoms with van der Waals surface area (Å²) in [5.74, 6) is 0.588. The van der Waals surface area contributed by atoms with Gasteiger partial charge >= 0.3 is 0 Å². The Hall–Kier alpha value is -1.72. The Morgan fingerprint density at radius 1 is 1.35 bits per heavy atom. The summed E-state index contributed by atoms with van der Waals surface area (Å²) in [6.45, 7) is 4.46. The van der Waals surface area contributed by atoms with Crippen molar-refractivity contribution in [3.05, 3.63) is 40.7 Å². The van der Waals surface area contributed by atoms with E-state index < -0.39 is 6.10 Å². The molecule has 1 aliphatic carbocycles. The van der Waals surface area contributed by atoms with Crippen molar-refractivity contribution >= 4 is 17.2 Å². The van der Waals surface area contributed by atoms with E-state index in [0.717, 1.165) is 16.3 Å². The molecule has 2 atom stereocenters. The zero-order valence-electron chi connectivity index (χ0n) is 13.5. The smallest absolute Gasteiger partial charge is 0.249 e. The SMILES string of the molecule is C[C@H](OCC1CC1)C(=O)N[C@@H](C)c1nc(-c2ccccc2)cs1. The molecule has 1 aliphatic rings. The first-order valence-electron chi connectivity index (χ1n) is 8.06. The summed E-state index contributed by atoms with van der Waals surface area (Å²) in [5.41, 5.74) is 2.04. The van der Waals surface area contributed by atoms with Crippen molar-refractivity contribution in [2.45, 2.75) is 38.8 Å². The molecule has 0 spiro atoms. The van der Waals surface area contributed by atoms with E-state index in [2.05, 4.69) is 10.3 Å². The summed E-state index contributed by atoms with van der Waals surface area (Å²) in [4.78, 5) is 16.8. The van der Waals surface area contributed by atoms with Crippen LogP contribution in [-0.4, -0.2) is 23.6 Å². The van der Waals surface area contributed by atoms with E-state index in [9.17, 15) is 4.79 Å². The van der Waals surface area contributed by atoms with Crippen molar-refractivity contribution in [2.24, 2.45) is 5.92 Å². The lowest BCUT2D eigenvalue weighted by molar-refractivity contribution is -0.132. The number of nitrogens with zero attached hydrogens (tertiary/aromatic N) is 1. The summed E-state index contributed by atoms with van der Waals surface area (Å²) < 4.78 is 5.61. The van der Waals surface area contributed by atoms with Crippen LogP contribution < -0.4 is 5.32 Å². The minimum atomic E-state index is -0.411. The van der Waals surface area contributed by atoms with Crippen LogP contribution in [0.4, 0.5) is 0 Å². The van der Waals surface area contributed by atoms with Gasteiger partial charge in [0.1, 0.15) is 11.1 Å². The Kier molecular flexibility index (Phi) is 5.08. The number of hydrogen-bond acceptors (Lipinski definition) is 4. The first-order chi connectivity index (χ1) is 11.1. The van der Waals surface area contributed by atoms with E-state index in [1.165, 1.54) is 12.8 Å². The molecule has 122 valence electrons. The second kappa shape index (κ2) is 7.23. The van der Waals surface area contributed by atoms with Crippen LogP contribution in [0.5, 0.6) is 0 Å². The van der Waals surface area contributed by atoms with Crippen LogP contribution in [0.1, 0.15) is 37.7 Å². The highest BCUT2D eigenvalue weighted by Crippen LogP contribution is 2.29. The monoisotopic (exact) mass is 330 g/mol. The fourth-order valence-corrected chi connectivity index (χ4v) is 3.10. The van der Waals surface area contributed by atoms with Crippen LogP contribution in [0.3, 0.4) is 0 Å². The lowest BCUT2D eigenvalue weighted by atomic mass is 10.2. The van der Waals surface area contributed by atoms with E-state index in [1.54, 1.807) is 11.3 Å². The van der Waals surface area contributed by atoms with Gasteiger partial charge in [-0.05, 0) is 32.6 Å². The number of ether oxygens (including phenoxy) is 1. The average molecular weight is 330 g/mol. The highest BCUT2D eigenvalue weighted by atomic mass is 32.1. The quantitative estimate of drug-likeness (QED) is 0.840. The van der Waals surface area contributed by atoms with Crippen LogP contribution in [0.15, 0.2) is 35.7 Å². The number of carbonyl (C=O) groups is 1. The molecule has 1 aromatic heterocycles. The van der Waals surface area contributed by atoms with Crippen LogP contribution in [0.25, 0.3) is 11.3 Å². The van der Waals surface area contributed by atoms with Gasteiger partial charge in [0, 0.05) is 10.9 Å². The standard InChI is InChI=1S/C18H22N2O2S/c1-12(19-17(21)13(2)22-10-14-8-9-14)18-20-16(11-23-18)15-6-4-3-5-7-15/h3-7,11-14H,8-10H2,1-2H3,(H,19,21)/t12-,13-/m0/s1. The third-order valence-electron chi connectivity index (χ3n) is 3.97. The molecule has 0 saturated heterocycles. The van der Waals surface area contributed by atoms with Gasteiger partial charge in [0.2, 0.25) is 5.91 Å². The minimum Gasteiger partial charge on any atom is -0.368 e. The summed E-state index contributed by atoms with van der Waals surface area (Å²) in [6.07, 6.45) is 2.05. The van der Waals surface area contributed by atoms with Crippen molar-refractivity contribution in [3.8, 4) is 11.3 Å². The van der Waals surface area contributed by atoms with Crippen molar-refractivity contribution in [1.29, 1.82) is 0 Å². The fourth-order valence-electron chi connectivity index (χ4n) is 2.26. The van der Waals surface area contributed by atoms with E-state index in [-0.39, 0.29) is 11.9 Å². The topological polar surface area (TPSA) is 51.2 Å². The number of benzene rings is 1. The molecular weight excluding hydrogens is 308 g/mol. The molecule has 2 aromatic rings. The van der Waals surface area contributed by atoms with Gasteiger partial charge in [-0.2, -0.15) is 0 Å². The van der Waals surface area contributed by atoms with Crippen LogP contribution in [0, 0.1) is 5.92 Å². The first-order valence-corrected chi connectivity index (χ1v) is 8.94. The van der Waals surface area contributed by atoms with Crippen molar-refractivity contribution in [1.82, 2.24) is 10.3 Å². The Morgan fingerprint density at radius 2 is 2.09 bits per heavy atom. The average Bonchev–Trinajstić information content (AvgIpc) is 3.26. The molecule has 1 fully saturated rings. The van der Waals surface area contributed by atoms with Crippen molar-refractivity contribution in [2.75, 3.05) is 6.61 Å². The van der Waals surface area contributed by atoms with Gasteiger partial charge in [-0.25, -0.2) is 4.98 Å². The highest BCUT2D eigenvalue weighted by molar-refractivity contribution is 7.10. The molecule has 5 heteroatoms. The molecule has 1 heterocycles. The van der Waals surface area contributed by atoms with Gasteiger partial charge in [0.25, 0.3) is 0 Å². The molecular formula is C18H22N2O2S. The molecule has 1 N–H and O–H groups in total. The number of nitrogens with one attached hydrogen (secondary N) is 1. The maximum Gasteiger partial charge on any atom is 0.249 e. The Labute approximate surface area is 140 Å². The molecule has 4 nitrogen and oxygen atoms in total. The summed E-state index contributed by atoms with van der Waals surface area (Å²) >= 11 is 1.57. The second-order valence-corrected chi connectivity index (χ2v) is 6.98. The van der Waals surface area contributed by atoms with E-state index in [4.69, 9.17) is 4.74 Å². The number of carbonyl (C=O) groups excluding carboxylic acids is 1. The van der Waals surface area contributed by atoms with Crippen molar-refractivity contribution < 1.29 is 9.53 Å². The molecule has 0 bridgehead atoms. The summed E-state index contributed by atoms with van der Waals surface area (Å²) in [6, 6.07) is 9.95. The molecule has 1 amide bonds. The molecule has 0 aliphatic heterocycles. The van der Waals surface area contributed by atoms with Gasteiger partial charge in [-0.1, -0.05) is 30.3 Å². The Bertz CT molecular complexity index is 652. The third kappa shape index (κ3) is 4.39. The summed E-state index contributed by atoms with van der Waals surface area (Å²) in [5, 5.41) is 5.93. The Morgan fingerprint density at radius 3 is 2.78 bits per heavy atom. The molecule has 0 unspecified atom stereocenters. The Balaban J connectivity index is 1.56. The van der Waals surface area contributed by atoms with E-state index >= 15 is 0 Å². The van der Waals surface area contributed by atoms with E-state index in [0.29, 0.717) is 12.5 Å². The van der Waals surface area contributed by atoms with Gasteiger partial charge in [0.15, 0.2) is 0 Å². The number of aromatic nitrogens is 1. The lowest BCUT2D eigenvalue weighted by Crippen LogP contribution is -2.36. The molecule has 1 saturated carbocycles. The van der Waals surface area contributed by atoms with Crippen LogP contribution in [-0.2, 0) is 9.53 Å². The molecule has 1 aromatic carbocycles.